The third kappa shape index (κ3) is 2.55. The number of hydrogen-bond acceptors (Lipinski definition) is 4. The fourth-order valence-electron chi connectivity index (χ4n) is 2.54. The molecule has 3 aromatic rings. The summed E-state index contributed by atoms with van der Waals surface area (Å²) in [7, 11) is 0. The SMILES string of the molecule is Nc1cc(-n2cc(C(=O)O)c(=O)c3c(O)c(F)c(F)c(F)c32)c(F)cc1F. The number of halogens is 5. The van der Waals surface area contributed by atoms with Crippen molar-refractivity contribution < 1.29 is 37.0 Å². The van der Waals surface area contributed by atoms with Crippen molar-refractivity contribution in [1.29, 1.82) is 0 Å². The van der Waals surface area contributed by atoms with Crippen LogP contribution in [0.1, 0.15) is 10.4 Å². The summed E-state index contributed by atoms with van der Waals surface area (Å²) in [6.07, 6.45) is 0.419. The minimum atomic E-state index is -2.19. The predicted molar refractivity (Wildman–Crippen MR) is 82.4 cm³/mol. The van der Waals surface area contributed by atoms with Crippen molar-refractivity contribution in [2.24, 2.45) is 0 Å². The molecule has 0 radical (unpaired) electrons. The first-order chi connectivity index (χ1) is 12.6. The summed E-state index contributed by atoms with van der Waals surface area (Å²) in [5.74, 6) is -12.4. The van der Waals surface area contributed by atoms with E-state index >= 15 is 0 Å². The molecular formula is C16H7F5N2O4. The van der Waals surface area contributed by atoms with Crippen LogP contribution in [-0.4, -0.2) is 20.7 Å². The lowest BCUT2D eigenvalue weighted by molar-refractivity contribution is 0.0695. The summed E-state index contributed by atoms with van der Waals surface area (Å²) < 4.78 is 69.6. The van der Waals surface area contributed by atoms with Crippen molar-refractivity contribution >= 4 is 22.6 Å². The van der Waals surface area contributed by atoms with Crippen LogP contribution in [0.15, 0.2) is 23.1 Å². The number of nitrogens with two attached hydrogens (primary N) is 1. The second-order valence-electron chi connectivity index (χ2n) is 5.39. The van der Waals surface area contributed by atoms with Crippen molar-refractivity contribution in [2.75, 3.05) is 5.73 Å². The van der Waals surface area contributed by atoms with Crippen LogP contribution in [0.4, 0.5) is 27.6 Å². The van der Waals surface area contributed by atoms with Crippen molar-refractivity contribution in [3.05, 3.63) is 63.2 Å². The molecular weight excluding hydrogens is 379 g/mol. The zero-order valence-electron chi connectivity index (χ0n) is 12.9. The Bertz CT molecular complexity index is 1210. The molecule has 6 nitrogen and oxygen atoms in total. The number of anilines is 1. The van der Waals surface area contributed by atoms with Gasteiger partial charge < -0.3 is 20.5 Å². The first-order valence-corrected chi connectivity index (χ1v) is 6.99. The molecule has 140 valence electrons. The van der Waals surface area contributed by atoms with Crippen LogP contribution in [0.2, 0.25) is 0 Å². The molecule has 0 fully saturated rings. The van der Waals surface area contributed by atoms with Crippen LogP contribution in [0.5, 0.6) is 5.75 Å². The number of aromatic nitrogens is 1. The lowest BCUT2D eigenvalue weighted by Crippen LogP contribution is -2.20. The number of phenols is 1. The van der Waals surface area contributed by atoms with Gasteiger partial charge in [-0.15, -0.1) is 0 Å². The standard InChI is InChI=1S/C16H7F5N2O4/c17-5-1-6(18)8(2-7(5)22)23-3-4(16(26)27)14(24)9-13(23)11(20)10(19)12(21)15(9)25/h1-3,25H,22H2,(H,26,27). The molecule has 0 saturated carbocycles. The average Bonchev–Trinajstić information content (AvgIpc) is 2.60. The zero-order chi connectivity index (χ0) is 20.2. The number of phenolic OH excluding ortho intramolecular Hbond substituents is 1. The number of carbonyl (C=O) groups is 1. The van der Waals surface area contributed by atoms with Gasteiger partial charge in [0, 0.05) is 12.3 Å². The molecule has 0 bridgehead atoms. The number of carboxylic acids is 1. The molecule has 3 rings (SSSR count). The number of pyridine rings is 1. The minimum Gasteiger partial charge on any atom is -0.504 e. The van der Waals surface area contributed by atoms with Gasteiger partial charge in [0.2, 0.25) is 17.1 Å². The van der Waals surface area contributed by atoms with Gasteiger partial charge in [0.1, 0.15) is 22.7 Å². The first kappa shape index (κ1) is 18.2. The van der Waals surface area contributed by atoms with Gasteiger partial charge in [0.15, 0.2) is 11.6 Å². The Morgan fingerprint density at radius 3 is 2.22 bits per heavy atom. The fourth-order valence-corrected chi connectivity index (χ4v) is 2.54. The number of aromatic hydroxyl groups is 1. The first-order valence-electron chi connectivity index (χ1n) is 6.99. The van der Waals surface area contributed by atoms with E-state index in [1.807, 2.05) is 0 Å². The number of fused-ring (bicyclic) bond motifs is 1. The van der Waals surface area contributed by atoms with Gasteiger partial charge >= 0.3 is 5.97 Å². The highest BCUT2D eigenvalue weighted by atomic mass is 19.2. The van der Waals surface area contributed by atoms with Crippen LogP contribution < -0.4 is 11.2 Å². The Labute approximate surface area is 145 Å². The summed E-state index contributed by atoms with van der Waals surface area (Å²) in [5, 5.41) is 17.6. The molecule has 1 heterocycles. The third-order valence-corrected chi connectivity index (χ3v) is 3.80. The molecule has 27 heavy (non-hydrogen) atoms. The highest BCUT2D eigenvalue weighted by Crippen LogP contribution is 2.33. The third-order valence-electron chi connectivity index (χ3n) is 3.80. The van der Waals surface area contributed by atoms with E-state index in [4.69, 9.17) is 10.8 Å². The zero-order valence-corrected chi connectivity index (χ0v) is 12.9. The van der Waals surface area contributed by atoms with E-state index in [-0.39, 0.29) is 6.07 Å². The topological polar surface area (TPSA) is 106 Å². The van der Waals surface area contributed by atoms with Gasteiger partial charge in [-0.25, -0.2) is 22.4 Å². The summed E-state index contributed by atoms with van der Waals surface area (Å²) >= 11 is 0. The quantitative estimate of drug-likeness (QED) is 0.357. The maximum atomic E-state index is 14.3. The maximum absolute atomic E-state index is 14.3. The van der Waals surface area contributed by atoms with Crippen molar-refractivity contribution in [2.45, 2.75) is 0 Å². The molecule has 0 atom stereocenters. The van der Waals surface area contributed by atoms with Gasteiger partial charge in [0.05, 0.1) is 16.8 Å². The Morgan fingerprint density at radius 1 is 1.00 bits per heavy atom. The summed E-state index contributed by atoms with van der Waals surface area (Å²) in [5.41, 5.74) is 0.0784. The van der Waals surface area contributed by atoms with E-state index in [2.05, 4.69) is 0 Å². The van der Waals surface area contributed by atoms with E-state index < -0.39 is 74.1 Å². The monoisotopic (exact) mass is 386 g/mol. The van der Waals surface area contributed by atoms with E-state index in [9.17, 15) is 36.6 Å². The molecule has 0 spiro atoms. The number of rotatable bonds is 2. The van der Waals surface area contributed by atoms with Crippen molar-refractivity contribution in [3.63, 3.8) is 0 Å². The smallest absolute Gasteiger partial charge is 0.341 e. The van der Waals surface area contributed by atoms with E-state index in [0.717, 1.165) is 0 Å². The molecule has 0 amide bonds. The fraction of sp³-hybridized carbons (Fsp3) is 0. The lowest BCUT2D eigenvalue weighted by Gasteiger charge is -2.16. The van der Waals surface area contributed by atoms with Crippen LogP contribution in [0, 0.1) is 29.1 Å². The Balaban J connectivity index is 2.65. The number of aromatic carboxylic acids is 1. The number of hydrogen-bond donors (Lipinski definition) is 3. The molecule has 2 aromatic carbocycles. The largest absolute Gasteiger partial charge is 0.504 e. The molecule has 0 unspecified atom stereocenters. The summed E-state index contributed by atoms with van der Waals surface area (Å²) in [6, 6.07) is 0.907. The Kier molecular flexibility index (Phi) is 4.02. The van der Waals surface area contributed by atoms with Gasteiger partial charge in [-0.2, -0.15) is 4.39 Å². The number of benzene rings is 2. The second kappa shape index (κ2) is 5.97. The summed E-state index contributed by atoms with van der Waals surface area (Å²) in [6.45, 7) is 0. The lowest BCUT2D eigenvalue weighted by atomic mass is 10.1. The predicted octanol–water partition coefficient (Wildman–Crippen LogP) is 2.67. The average molecular weight is 386 g/mol. The minimum absolute atomic E-state index is 0.284. The highest BCUT2D eigenvalue weighted by molar-refractivity contribution is 5.95. The second-order valence-corrected chi connectivity index (χ2v) is 5.39. The van der Waals surface area contributed by atoms with Gasteiger partial charge in [0.25, 0.3) is 0 Å². The molecule has 4 N–H and O–H groups in total. The molecule has 0 aliphatic heterocycles. The molecule has 11 heteroatoms. The van der Waals surface area contributed by atoms with E-state index in [1.54, 1.807) is 0 Å². The molecule has 0 saturated heterocycles. The van der Waals surface area contributed by atoms with Crippen molar-refractivity contribution in [3.8, 4) is 11.4 Å². The van der Waals surface area contributed by atoms with Crippen LogP contribution >= 0.6 is 0 Å². The van der Waals surface area contributed by atoms with Crippen molar-refractivity contribution in [1.82, 2.24) is 4.57 Å². The van der Waals surface area contributed by atoms with Crippen LogP contribution in [0.3, 0.4) is 0 Å². The van der Waals surface area contributed by atoms with Gasteiger partial charge in [-0.3, -0.25) is 4.79 Å². The van der Waals surface area contributed by atoms with E-state index in [0.29, 0.717) is 16.8 Å². The van der Waals surface area contributed by atoms with E-state index in [1.165, 1.54) is 0 Å². The van der Waals surface area contributed by atoms with Gasteiger partial charge in [-0.1, -0.05) is 0 Å². The molecule has 0 aliphatic carbocycles. The van der Waals surface area contributed by atoms with Crippen LogP contribution in [-0.2, 0) is 0 Å². The highest BCUT2D eigenvalue weighted by Gasteiger charge is 2.28. The van der Waals surface area contributed by atoms with Crippen LogP contribution in [0.25, 0.3) is 16.6 Å². The molecule has 1 aromatic heterocycles. The maximum Gasteiger partial charge on any atom is 0.341 e. The number of nitrogens with zero attached hydrogens (tertiary/aromatic N) is 1. The Morgan fingerprint density at radius 2 is 1.63 bits per heavy atom. The Hall–Kier alpha value is -3.63. The van der Waals surface area contributed by atoms with Gasteiger partial charge in [-0.05, 0) is 6.07 Å². The number of nitrogen functional groups attached to an aromatic ring is 1. The normalized spacial score (nSPS) is 11.1. The molecule has 0 aliphatic rings. The summed E-state index contributed by atoms with van der Waals surface area (Å²) in [4.78, 5) is 23.5. The number of carboxylic acid groups (broad SMARTS) is 1.